The predicted molar refractivity (Wildman–Crippen MR) is 73.5 cm³/mol. The molecule has 0 radical (unpaired) electrons. The molecule has 0 aliphatic carbocycles. The second-order valence-electron chi connectivity index (χ2n) is 3.81. The Balaban J connectivity index is 0.00000120. The van der Waals surface area contributed by atoms with Gasteiger partial charge in [-0.1, -0.05) is 28.1 Å². The standard InChI is InChI=1S/C13H9BrNOS.BrH/c14-6-11-8-17-13-10(7-16)5-9-3-1-2-4-12(9)15(11)13;/h1-7H,8H2;1H/q+1;/p-1. The average Bonchev–Trinajstić information content (AvgIpc) is 2.82. The van der Waals surface area contributed by atoms with Crippen LogP contribution in [0.15, 0.2) is 40.3 Å². The molecule has 0 saturated carbocycles. The maximum atomic E-state index is 11.1. The monoisotopic (exact) mass is 385 g/mol. The first-order valence-corrected chi connectivity index (χ1v) is 7.10. The fourth-order valence-corrected chi connectivity index (χ4v) is 3.78. The van der Waals surface area contributed by atoms with Crippen LogP contribution in [0.4, 0.5) is 0 Å². The number of aromatic nitrogens is 1. The van der Waals surface area contributed by atoms with Crippen molar-refractivity contribution in [2.24, 2.45) is 0 Å². The van der Waals surface area contributed by atoms with Crippen molar-refractivity contribution in [3.63, 3.8) is 0 Å². The van der Waals surface area contributed by atoms with Crippen LogP contribution in [-0.4, -0.2) is 12.0 Å². The van der Waals surface area contributed by atoms with Crippen LogP contribution in [0.3, 0.4) is 0 Å². The third-order valence-corrected chi connectivity index (χ3v) is 4.50. The van der Waals surface area contributed by atoms with E-state index in [-0.39, 0.29) is 17.0 Å². The molecule has 0 N–H and O–H groups in total. The number of halogens is 2. The molecule has 92 valence electrons. The number of aldehydes is 1. The van der Waals surface area contributed by atoms with Crippen molar-refractivity contribution in [3.8, 4) is 0 Å². The fourth-order valence-electron chi connectivity index (χ4n) is 2.09. The first-order chi connectivity index (χ1) is 8.35. The Morgan fingerprint density at radius 2 is 2.11 bits per heavy atom. The lowest BCUT2D eigenvalue weighted by molar-refractivity contribution is -0.590. The number of hydrogen-bond acceptors (Lipinski definition) is 2. The van der Waals surface area contributed by atoms with E-state index in [1.807, 2.05) is 29.3 Å². The van der Waals surface area contributed by atoms with Crippen molar-refractivity contribution in [2.45, 2.75) is 5.03 Å². The molecule has 0 unspecified atom stereocenters. The number of benzene rings is 1. The lowest BCUT2D eigenvalue weighted by Crippen LogP contribution is -3.00. The number of para-hydroxylation sites is 1. The summed E-state index contributed by atoms with van der Waals surface area (Å²) in [6, 6.07) is 10.1. The number of nitrogens with zero attached hydrogens (tertiary/aromatic N) is 1. The predicted octanol–water partition coefficient (Wildman–Crippen LogP) is 0.243. The van der Waals surface area contributed by atoms with E-state index in [2.05, 4.69) is 26.6 Å². The second-order valence-corrected chi connectivity index (χ2v) is 5.23. The minimum atomic E-state index is 0. The topological polar surface area (TPSA) is 20.9 Å². The van der Waals surface area contributed by atoms with E-state index >= 15 is 0 Å². The Labute approximate surface area is 128 Å². The Bertz CT molecular complexity index is 655. The van der Waals surface area contributed by atoms with E-state index in [1.165, 1.54) is 5.70 Å². The molecule has 0 atom stereocenters. The van der Waals surface area contributed by atoms with Crippen LogP contribution in [0.2, 0.25) is 0 Å². The molecule has 0 fully saturated rings. The van der Waals surface area contributed by atoms with Gasteiger partial charge in [-0.05, 0) is 23.9 Å². The van der Waals surface area contributed by atoms with Crippen LogP contribution in [0.1, 0.15) is 10.4 Å². The number of carbonyl (C=O) groups is 1. The minimum absolute atomic E-state index is 0. The summed E-state index contributed by atoms with van der Waals surface area (Å²) in [5.74, 6) is 0.889. The lowest BCUT2D eigenvalue weighted by Gasteiger charge is -2.01. The van der Waals surface area contributed by atoms with Gasteiger partial charge >= 0.3 is 0 Å². The summed E-state index contributed by atoms with van der Waals surface area (Å²) < 4.78 is 2.15. The number of thioether (sulfide) groups is 1. The van der Waals surface area contributed by atoms with Crippen molar-refractivity contribution in [3.05, 3.63) is 40.9 Å². The quantitative estimate of drug-likeness (QED) is 0.517. The molecule has 0 spiro atoms. The van der Waals surface area contributed by atoms with E-state index in [9.17, 15) is 4.79 Å². The third kappa shape index (κ3) is 2.04. The summed E-state index contributed by atoms with van der Waals surface area (Å²) in [6.45, 7) is 0. The fraction of sp³-hybridized carbons (Fsp3) is 0.0769. The van der Waals surface area contributed by atoms with Crippen LogP contribution in [0.25, 0.3) is 16.6 Å². The minimum Gasteiger partial charge on any atom is -1.00 e. The van der Waals surface area contributed by atoms with Crippen molar-refractivity contribution in [1.82, 2.24) is 0 Å². The van der Waals surface area contributed by atoms with Gasteiger partial charge in [0.15, 0.2) is 6.29 Å². The normalized spacial score (nSPS) is 15.5. The first kappa shape index (κ1) is 13.8. The maximum absolute atomic E-state index is 11.1. The van der Waals surface area contributed by atoms with Crippen molar-refractivity contribution in [2.75, 3.05) is 5.75 Å². The van der Waals surface area contributed by atoms with Gasteiger partial charge in [0.2, 0.25) is 11.2 Å². The summed E-state index contributed by atoms with van der Waals surface area (Å²) in [4.78, 5) is 13.1. The molecule has 2 heterocycles. The Morgan fingerprint density at radius 1 is 1.33 bits per heavy atom. The van der Waals surface area contributed by atoms with E-state index in [0.717, 1.165) is 33.5 Å². The zero-order valence-corrected chi connectivity index (χ0v) is 13.3. The van der Waals surface area contributed by atoms with Crippen LogP contribution >= 0.6 is 27.7 Å². The van der Waals surface area contributed by atoms with Gasteiger partial charge < -0.3 is 17.0 Å². The summed E-state index contributed by atoms with van der Waals surface area (Å²) in [5, 5.41) is 2.12. The van der Waals surface area contributed by atoms with Crippen LogP contribution in [0.5, 0.6) is 0 Å². The molecule has 1 aromatic heterocycles. The number of carbonyl (C=O) groups excluding carboxylic acids is 1. The highest BCUT2D eigenvalue weighted by Gasteiger charge is 2.31. The van der Waals surface area contributed by atoms with Gasteiger partial charge in [0.05, 0.1) is 11.3 Å². The number of pyridine rings is 1. The molecule has 0 saturated heterocycles. The molecule has 5 heteroatoms. The van der Waals surface area contributed by atoms with Gasteiger partial charge in [0.1, 0.15) is 0 Å². The highest BCUT2D eigenvalue weighted by atomic mass is 79.9. The average molecular weight is 387 g/mol. The lowest BCUT2D eigenvalue weighted by atomic mass is 10.1. The SMILES string of the molecule is O=Cc1cc2ccccc2[n+]2c1SCC2=CBr.[Br-]. The zero-order valence-electron chi connectivity index (χ0n) is 9.27. The van der Waals surface area contributed by atoms with E-state index in [1.54, 1.807) is 11.8 Å². The molecule has 18 heavy (non-hydrogen) atoms. The largest absolute Gasteiger partial charge is 1.00 e. The number of rotatable bonds is 1. The molecule has 0 amide bonds. The summed E-state index contributed by atoms with van der Waals surface area (Å²) in [6.07, 6.45) is 0.933. The highest BCUT2D eigenvalue weighted by Crippen LogP contribution is 2.31. The molecule has 1 aromatic carbocycles. The summed E-state index contributed by atoms with van der Waals surface area (Å²) >= 11 is 5.09. The second kappa shape index (κ2) is 5.55. The van der Waals surface area contributed by atoms with Gasteiger partial charge in [0, 0.05) is 16.4 Å². The molecular formula is C13H9Br2NOS. The van der Waals surface area contributed by atoms with Gasteiger partial charge in [-0.15, -0.1) is 4.57 Å². The van der Waals surface area contributed by atoms with E-state index < -0.39 is 0 Å². The molecule has 3 rings (SSSR count). The molecule has 0 bridgehead atoms. The molecule has 1 aliphatic heterocycles. The molecule has 2 nitrogen and oxygen atoms in total. The molecular weight excluding hydrogens is 378 g/mol. The Kier molecular flexibility index (Phi) is 4.25. The number of fused-ring (bicyclic) bond motifs is 3. The zero-order chi connectivity index (χ0) is 11.8. The smallest absolute Gasteiger partial charge is 0.257 e. The van der Waals surface area contributed by atoms with Crippen LogP contribution in [0, 0.1) is 0 Å². The van der Waals surface area contributed by atoms with Gasteiger partial charge in [-0.2, -0.15) is 0 Å². The van der Waals surface area contributed by atoms with Crippen LogP contribution in [-0.2, 0) is 0 Å². The maximum Gasteiger partial charge on any atom is 0.257 e. The van der Waals surface area contributed by atoms with Crippen molar-refractivity contribution < 1.29 is 26.3 Å². The van der Waals surface area contributed by atoms with Gasteiger partial charge in [-0.25, -0.2) is 0 Å². The Hall–Kier alpha value is -0.650. The van der Waals surface area contributed by atoms with E-state index in [4.69, 9.17) is 0 Å². The number of hydrogen-bond donors (Lipinski definition) is 0. The highest BCUT2D eigenvalue weighted by molar-refractivity contribution is 9.11. The van der Waals surface area contributed by atoms with Crippen molar-refractivity contribution >= 4 is 50.6 Å². The summed E-state index contributed by atoms with van der Waals surface area (Å²) in [5.41, 5.74) is 3.08. The van der Waals surface area contributed by atoms with Gasteiger partial charge in [-0.3, -0.25) is 4.79 Å². The Morgan fingerprint density at radius 3 is 2.83 bits per heavy atom. The van der Waals surface area contributed by atoms with Crippen LogP contribution < -0.4 is 21.5 Å². The summed E-state index contributed by atoms with van der Waals surface area (Å²) in [7, 11) is 0. The molecule has 1 aliphatic rings. The van der Waals surface area contributed by atoms with Crippen molar-refractivity contribution in [1.29, 1.82) is 0 Å². The first-order valence-electron chi connectivity index (χ1n) is 5.20. The molecule has 2 aromatic rings. The van der Waals surface area contributed by atoms with E-state index in [0.29, 0.717) is 0 Å². The third-order valence-electron chi connectivity index (χ3n) is 2.84. The van der Waals surface area contributed by atoms with Gasteiger partial charge in [0.25, 0.3) is 5.03 Å².